The van der Waals surface area contributed by atoms with E-state index in [-0.39, 0.29) is 6.03 Å². The van der Waals surface area contributed by atoms with E-state index in [0.717, 1.165) is 17.3 Å². The first-order valence-electron chi connectivity index (χ1n) is 7.47. The molecule has 0 aromatic carbocycles. The Labute approximate surface area is 132 Å². The van der Waals surface area contributed by atoms with E-state index in [0.29, 0.717) is 23.1 Å². The second-order valence-corrected chi connectivity index (χ2v) is 6.58. The molecule has 0 aliphatic heterocycles. The summed E-state index contributed by atoms with van der Waals surface area (Å²) in [4.78, 5) is 15.9. The number of carbonyl (C=O) groups excluding carboxylic acids is 1. The highest BCUT2D eigenvalue weighted by Crippen LogP contribution is 2.29. The number of aryl methyl sites for hydroxylation is 1. The summed E-state index contributed by atoms with van der Waals surface area (Å²) in [5.41, 5.74) is 0.717. The lowest BCUT2D eigenvalue weighted by molar-refractivity contribution is 0.251. The summed E-state index contributed by atoms with van der Waals surface area (Å²) in [6.07, 6.45) is 7.53. The summed E-state index contributed by atoms with van der Waals surface area (Å²) in [6.45, 7) is 2.13. The molecule has 2 heterocycles. The van der Waals surface area contributed by atoms with Crippen molar-refractivity contribution in [1.82, 2.24) is 20.5 Å². The van der Waals surface area contributed by atoms with Crippen LogP contribution in [0.1, 0.15) is 42.1 Å². The molecule has 0 unspecified atom stereocenters. The maximum absolute atomic E-state index is 11.8. The van der Waals surface area contributed by atoms with E-state index in [1.54, 1.807) is 0 Å². The van der Waals surface area contributed by atoms with Crippen molar-refractivity contribution in [2.24, 2.45) is 5.92 Å². The SMILES string of the molecule is Cc1ocnc1CNC(=O)Nc1nnc(CC2CCCC2)s1. The number of urea groups is 1. The van der Waals surface area contributed by atoms with Crippen molar-refractivity contribution in [3.63, 3.8) is 0 Å². The normalized spacial score (nSPS) is 15.1. The predicted octanol–water partition coefficient (Wildman–Crippen LogP) is 2.89. The molecule has 2 N–H and O–H groups in total. The highest BCUT2D eigenvalue weighted by molar-refractivity contribution is 7.15. The summed E-state index contributed by atoms with van der Waals surface area (Å²) in [7, 11) is 0. The van der Waals surface area contributed by atoms with Gasteiger partial charge in [-0.25, -0.2) is 9.78 Å². The molecule has 0 spiro atoms. The summed E-state index contributed by atoms with van der Waals surface area (Å²) in [6, 6.07) is -0.314. The molecule has 0 atom stereocenters. The van der Waals surface area contributed by atoms with Crippen molar-refractivity contribution in [1.29, 1.82) is 0 Å². The number of aromatic nitrogens is 3. The summed E-state index contributed by atoms with van der Waals surface area (Å²) in [5, 5.41) is 15.1. The van der Waals surface area contributed by atoms with Crippen LogP contribution >= 0.6 is 11.3 Å². The molecule has 2 aromatic heterocycles. The number of oxazole rings is 1. The smallest absolute Gasteiger partial charge is 0.321 e. The molecule has 2 aromatic rings. The van der Waals surface area contributed by atoms with E-state index in [2.05, 4.69) is 25.8 Å². The van der Waals surface area contributed by atoms with Crippen molar-refractivity contribution in [3.05, 3.63) is 22.9 Å². The zero-order valence-corrected chi connectivity index (χ0v) is 13.3. The second-order valence-electron chi connectivity index (χ2n) is 5.52. The maximum atomic E-state index is 11.8. The van der Waals surface area contributed by atoms with Gasteiger partial charge in [0.05, 0.1) is 6.54 Å². The minimum atomic E-state index is -0.314. The van der Waals surface area contributed by atoms with Gasteiger partial charge in [-0.1, -0.05) is 37.0 Å². The second kappa shape index (κ2) is 6.87. The van der Waals surface area contributed by atoms with Crippen molar-refractivity contribution >= 4 is 22.5 Å². The Hall–Kier alpha value is -1.96. The molecule has 1 fully saturated rings. The van der Waals surface area contributed by atoms with Crippen molar-refractivity contribution in [3.8, 4) is 0 Å². The van der Waals surface area contributed by atoms with Gasteiger partial charge < -0.3 is 9.73 Å². The van der Waals surface area contributed by atoms with Crippen molar-refractivity contribution in [2.45, 2.75) is 45.6 Å². The van der Waals surface area contributed by atoms with Gasteiger partial charge >= 0.3 is 6.03 Å². The van der Waals surface area contributed by atoms with Crippen molar-refractivity contribution < 1.29 is 9.21 Å². The van der Waals surface area contributed by atoms with Crippen LogP contribution in [0.5, 0.6) is 0 Å². The Morgan fingerprint density at radius 3 is 2.95 bits per heavy atom. The summed E-state index contributed by atoms with van der Waals surface area (Å²) < 4.78 is 5.08. The fraction of sp³-hybridized carbons (Fsp3) is 0.571. The molecule has 0 saturated heterocycles. The first-order valence-corrected chi connectivity index (χ1v) is 8.28. The topological polar surface area (TPSA) is 92.9 Å². The molecule has 2 amide bonds. The third kappa shape index (κ3) is 3.82. The minimum absolute atomic E-state index is 0.314. The molecule has 1 aliphatic rings. The molecule has 118 valence electrons. The highest BCUT2D eigenvalue weighted by atomic mass is 32.1. The molecule has 8 heteroatoms. The molecular weight excluding hydrogens is 302 g/mol. The van der Waals surface area contributed by atoms with Crippen LogP contribution in [0.3, 0.4) is 0 Å². The van der Waals surface area contributed by atoms with E-state index in [4.69, 9.17) is 4.42 Å². The van der Waals surface area contributed by atoms with Crippen LogP contribution in [0.2, 0.25) is 0 Å². The Balaban J connectivity index is 1.47. The molecule has 1 aliphatic carbocycles. The Morgan fingerprint density at radius 1 is 1.41 bits per heavy atom. The molecule has 0 radical (unpaired) electrons. The number of rotatable bonds is 5. The number of nitrogens with one attached hydrogen (secondary N) is 2. The first kappa shape index (κ1) is 15.0. The van der Waals surface area contributed by atoms with Gasteiger partial charge in [-0.3, -0.25) is 5.32 Å². The van der Waals surface area contributed by atoms with Gasteiger partial charge in [-0.05, 0) is 12.8 Å². The lowest BCUT2D eigenvalue weighted by atomic mass is 10.1. The quantitative estimate of drug-likeness (QED) is 0.883. The summed E-state index contributed by atoms with van der Waals surface area (Å²) >= 11 is 1.45. The number of hydrogen-bond donors (Lipinski definition) is 2. The molecule has 3 rings (SSSR count). The van der Waals surface area contributed by atoms with Crippen LogP contribution in [0, 0.1) is 12.8 Å². The highest BCUT2D eigenvalue weighted by Gasteiger charge is 2.18. The Bertz CT molecular complexity index is 633. The number of amides is 2. The molecule has 22 heavy (non-hydrogen) atoms. The summed E-state index contributed by atoms with van der Waals surface area (Å²) in [5.74, 6) is 1.43. The lowest BCUT2D eigenvalue weighted by Crippen LogP contribution is -2.28. The van der Waals surface area contributed by atoms with E-state index >= 15 is 0 Å². The average molecular weight is 321 g/mol. The van der Waals surface area contributed by atoms with Crippen LogP contribution in [-0.2, 0) is 13.0 Å². The minimum Gasteiger partial charge on any atom is -0.448 e. The van der Waals surface area contributed by atoms with Gasteiger partial charge in [0.2, 0.25) is 5.13 Å². The van der Waals surface area contributed by atoms with Crippen LogP contribution in [0.15, 0.2) is 10.8 Å². The number of anilines is 1. The van der Waals surface area contributed by atoms with Gasteiger partial charge in [0.15, 0.2) is 6.39 Å². The first-order chi connectivity index (χ1) is 10.7. The number of hydrogen-bond acceptors (Lipinski definition) is 6. The Kier molecular flexibility index (Phi) is 4.67. The molecular formula is C14H19N5O2S. The molecule has 0 bridgehead atoms. The number of nitrogens with zero attached hydrogens (tertiary/aromatic N) is 3. The molecule has 1 saturated carbocycles. The van der Waals surface area contributed by atoms with E-state index < -0.39 is 0 Å². The largest absolute Gasteiger partial charge is 0.448 e. The van der Waals surface area contributed by atoms with Crippen LogP contribution in [0.25, 0.3) is 0 Å². The standard InChI is InChI=1S/C14H19N5O2S/c1-9-11(16-8-21-9)7-15-13(20)17-14-19-18-12(22-14)6-10-4-2-3-5-10/h8,10H,2-7H2,1H3,(H2,15,17,19,20). The van der Waals surface area contributed by atoms with Crippen molar-refractivity contribution in [2.75, 3.05) is 5.32 Å². The van der Waals surface area contributed by atoms with E-state index in [9.17, 15) is 4.79 Å². The number of carbonyl (C=O) groups is 1. The van der Waals surface area contributed by atoms with E-state index in [1.807, 2.05) is 6.92 Å². The Morgan fingerprint density at radius 2 is 2.23 bits per heavy atom. The van der Waals surface area contributed by atoms with Gasteiger partial charge in [0.1, 0.15) is 16.5 Å². The predicted molar refractivity (Wildman–Crippen MR) is 82.7 cm³/mol. The van der Waals surface area contributed by atoms with Gasteiger partial charge in [0.25, 0.3) is 0 Å². The average Bonchev–Trinajstić information content (AvgIpc) is 3.21. The van der Waals surface area contributed by atoms with Gasteiger partial charge in [0, 0.05) is 6.42 Å². The zero-order valence-electron chi connectivity index (χ0n) is 12.5. The third-order valence-corrected chi connectivity index (χ3v) is 4.75. The van der Waals surface area contributed by atoms with Crippen LogP contribution < -0.4 is 10.6 Å². The van der Waals surface area contributed by atoms with Crippen LogP contribution in [0.4, 0.5) is 9.93 Å². The van der Waals surface area contributed by atoms with Crippen LogP contribution in [-0.4, -0.2) is 21.2 Å². The fourth-order valence-corrected chi connectivity index (χ4v) is 3.50. The van der Waals surface area contributed by atoms with E-state index in [1.165, 1.54) is 43.4 Å². The zero-order chi connectivity index (χ0) is 15.4. The van der Waals surface area contributed by atoms with Gasteiger partial charge in [-0.15, -0.1) is 10.2 Å². The molecule has 7 nitrogen and oxygen atoms in total. The lowest BCUT2D eigenvalue weighted by Gasteiger charge is -2.04. The third-order valence-electron chi connectivity index (χ3n) is 3.89. The van der Waals surface area contributed by atoms with Gasteiger partial charge in [-0.2, -0.15) is 0 Å². The monoisotopic (exact) mass is 321 g/mol. The fourth-order valence-electron chi connectivity index (χ4n) is 2.65. The maximum Gasteiger partial charge on any atom is 0.321 e.